The summed E-state index contributed by atoms with van der Waals surface area (Å²) < 4.78 is 15.4. The average Bonchev–Trinajstić information content (AvgIpc) is 2.99. The number of benzene rings is 1. The number of fused-ring (bicyclic) bond motifs is 1. The van der Waals surface area contributed by atoms with Crippen molar-refractivity contribution in [3.63, 3.8) is 0 Å². The number of cyclic esters (lactones) is 1. The zero-order valence-electron chi connectivity index (χ0n) is 13.2. The zero-order valence-corrected chi connectivity index (χ0v) is 13.2. The van der Waals surface area contributed by atoms with Gasteiger partial charge in [0.1, 0.15) is 12.7 Å². The standard InChI is InChI=1S/C7H9N.C7H10O4.C2H6/c8-6-7-4-2-1-3-5-7;1-7(2)10-4-3-9-6(8)5(4)11-7;1-2/h1-5H,6,8H2;4-5H,3H2,1-2H3;1-2H3. The number of rotatable bonds is 1. The van der Waals surface area contributed by atoms with E-state index in [-0.39, 0.29) is 12.1 Å². The minimum atomic E-state index is -0.630. The molecule has 3 rings (SSSR count). The van der Waals surface area contributed by atoms with Gasteiger partial charge in [-0.05, 0) is 19.4 Å². The lowest BCUT2D eigenvalue weighted by Gasteiger charge is -2.17. The summed E-state index contributed by atoms with van der Waals surface area (Å²) in [6.07, 6.45) is -0.692. The van der Waals surface area contributed by atoms with Crippen LogP contribution in [0, 0.1) is 0 Å². The Morgan fingerprint density at radius 1 is 1.19 bits per heavy atom. The molecule has 5 nitrogen and oxygen atoms in total. The maximum atomic E-state index is 10.9. The molecule has 0 aromatic heterocycles. The lowest BCUT2D eigenvalue weighted by molar-refractivity contribution is -0.178. The summed E-state index contributed by atoms with van der Waals surface area (Å²) in [4.78, 5) is 10.9. The van der Waals surface area contributed by atoms with Crippen LogP contribution in [0.25, 0.3) is 0 Å². The fourth-order valence-corrected chi connectivity index (χ4v) is 2.02. The molecule has 2 fully saturated rings. The Morgan fingerprint density at radius 3 is 2.29 bits per heavy atom. The first-order valence-corrected chi connectivity index (χ1v) is 7.28. The molecule has 1 aromatic rings. The second-order valence-electron chi connectivity index (χ2n) is 4.91. The van der Waals surface area contributed by atoms with Gasteiger partial charge in [0.2, 0.25) is 0 Å². The first-order chi connectivity index (χ1) is 10.0. The summed E-state index contributed by atoms with van der Waals surface area (Å²) in [5.41, 5.74) is 6.54. The van der Waals surface area contributed by atoms with Crippen LogP contribution in [0.3, 0.4) is 0 Å². The van der Waals surface area contributed by atoms with Crippen molar-refractivity contribution < 1.29 is 19.0 Å². The van der Waals surface area contributed by atoms with Gasteiger partial charge in [0.15, 0.2) is 11.9 Å². The van der Waals surface area contributed by atoms with Crippen LogP contribution < -0.4 is 5.73 Å². The highest BCUT2D eigenvalue weighted by Gasteiger charge is 2.50. The highest BCUT2D eigenvalue weighted by molar-refractivity contribution is 5.77. The summed E-state index contributed by atoms with van der Waals surface area (Å²) in [7, 11) is 0. The van der Waals surface area contributed by atoms with Crippen LogP contribution in [0.4, 0.5) is 0 Å². The van der Waals surface area contributed by atoms with E-state index in [9.17, 15) is 4.79 Å². The molecule has 0 saturated carbocycles. The number of hydrogen-bond acceptors (Lipinski definition) is 5. The second kappa shape index (κ2) is 8.12. The second-order valence-corrected chi connectivity index (χ2v) is 4.91. The van der Waals surface area contributed by atoms with Crippen LogP contribution >= 0.6 is 0 Å². The Balaban J connectivity index is 0.000000196. The molecule has 2 heterocycles. The number of carbonyl (C=O) groups is 1. The predicted octanol–water partition coefficient (Wildman–Crippen LogP) is 2.23. The van der Waals surface area contributed by atoms with Crippen molar-refractivity contribution in [2.24, 2.45) is 5.73 Å². The minimum Gasteiger partial charge on any atom is -0.461 e. The molecular weight excluding hydrogens is 270 g/mol. The maximum absolute atomic E-state index is 10.9. The number of carbonyl (C=O) groups excluding carboxylic acids is 1. The largest absolute Gasteiger partial charge is 0.461 e. The molecule has 21 heavy (non-hydrogen) atoms. The van der Waals surface area contributed by atoms with Gasteiger partial charge in [-0.15, -0.1) is 0 Å². The molecule has 0 aliphatic carbocycles. The predicted molar refractivity (Wildman–Crippen MR) is 80.5 cm³/mol. The third kappa shape index (κ3) is 5.12. The topological polar surface area (TPSA) is 70.8 Å². The zero-order chi connectivity index (χ0) is 15.9. The lowest BCUT2D eigenvalue weighted by Crippen LogP contribution is -2.25. The van der Waals surface area contributed by atoms with Crippen molar-refractivity contribution in [3.05, 3.63) is 35.9 Å². The van der Waals surface area contributed by atoms with Crippen LogP contribution in [0.15, 0.2) is 30.3 Å². The fraction of sp³-hybridized carbons (Fsp3) is 0.562. The number of ether oxygens (including phenoxy) is 3. The van der Waals surface area contributed by atoms with Gasteiger partial charge in [-0.25, -0.2) is 4.79 Å². The van der Waals surface area contributed by atoms with Crippen molar-refractivity contribution in [3.8, 4) is 0 Å². The first-order valence-electron chi connectivity index (χ1n) is 7.28. The minimum absolute atomic E-state index is 0.197. The molecule has 118 valence electrons. The summed E-state index contributed by atoms with van der Waals surface area (Å²) in [5.74, 6) is -0.935. The van der Waals surface area contributed by atoms with Crippen molar-refractivity contribution in [1.82, 2.24) is 0 Å². The van der Waals surface area contributed by atoms with Gasteiger partial charge in [-0.1, -0.05) is 44.2 Å². The van der Waals surface area contributed by atoms with Crippen LogP contribution in [-0.2, 0) is 25.5 Å². The smallest absolute Gasteiger partial charge is 0.338 e. The van der Waals surface area contributed by atoms with E-state index in [1.54, 1.807) is 13.8 Å². The third-order valence-electron chi connectivity index (χ3n) is 2.88. The van der Waals surface area contributed by atoms with Gasteiger partial charge in [0.25, 0.3) is 0 Å². The highest BCUT2D eigenvalue weighted by Crippen LogP contribution is 2.32. The monoisotopic (exact) mass is 295 g/mol. The van der Waals surface area contributed by atoms with Crippen molar-refractivity contribution in [1.29, 1.82) is 0 Å². The van der Waals surface area contributed by atoms with E-state index in [0.29, 0.717) is 13.2 Å². The van der Waals surface area contributed by atoms with E-state index < -0.39 is 11.9 Å². The van der Waals surface area contributed by atoms with Gasteiger partial charge in [0.05, 0.1) is 0 Å². The molecule has 0 spiro atoms. The molecule has 0 amide bonds. The summed E-state index contributed by atoms with van der Waals surface area (Å²) in [6.45, 7) is 8.55. The normalized spacial score (nSPS) is 24.9. The average molecular weight is 295 g/mol. The summed E-state index contributed by atoms with van der Waals surface area (Å²) in [5, 5.41) is 0. The maximum Gasteiger partial charge on any atom is 0.338 e. The molecule has 2 aliphatic heterocycles. The van der Waals surface area contributed by atoms with E-state index in [1.165, 1.54) is 5.56 Å². The van der Waals surface area contributed by atoms with Crippen LogP contribution in [-0.4, -0.2) is 30.6 Å². The molecule has 5 heteroatoms. The molecule has 2 N–H and O–H groups in total. The van der Waals surface area contributed by atoms with Gasteiger partial charge in [-0.2, -0.15) is 0 Å². The summed E-state index contributed by atoms with van der Waals surface area (Å²) >= 11 is 0. The molecule has 0 radical (unpaired) electrons. The van der Waals surface area contributed by atoms with Gasteiger partial charge in [0, 0.05) is 6.54 Å². The van der Waals surface area contributed by atoms with Crippen molar-refractivity contribution in [2.75, 3.05) is 6.61 Å². The van der Waals surface area contributed by atoms with Crippen LogP contribution in [0.2, 0.25) is 0 Å². The highest BCUT2D eigenvalue weighted by atomic mass is 16.8. The molecule has 2 saturated heterocycles. The van der Waals surface area contributed by atoms with Crippen LogP contribution in [0.1, 0.15) is 33.3 Å². The van der Waals surface area contributed by atoms with Crippen molar-refractivity contribution in [2.45, 2.75) is 52.2 Å². The van der Waals surface area contributed by atoms with E-state index in [2.05, 4.69) is 0 Å². The Bertz CT molecular complexity index is 433. The third-order valence-corrected chi connectivity index (χ3v) is 2.88. The molecule has 0 bridgehead atoms. The Hall–Kier alpha value is -1.43. The Labute approximate surface area is 126 Å². The number of hydrogen-bond donors (Lipinski definition) is 1. The molecular formula is C16H25NO4. The van der Waals surface area contributed by atoms with Gasteiger partial charge >= 0.3 is 5.97 Å². The number of nitrogens with two attached hydrogens (primary N) is 1. The fourth-order valence-electron chi connectivity index (χ4n) is 2.02. The SMILES string of the molecule is CC.CC1(C)OC2COC(=O)C2O1.NCc1ccccc1. The van der Waals surface area contributed by atoms with Gasteiger partial charge < -0.3 is 19.9 Å². The molecule has 2 atom stereocenters. The van der Waals surface area contributed by atoms with Gasteiger partial charge in [-0.3, -0.25) is 0 Å². The van der Waals surface area contributed by atoms with E-state index in [1.807, 2.05) is 44.2 Å². The van der Waals surface area contributed by atoms with E-state index in [4.69, 9.17) is 19.9 Å². The molecule has 2 aliphatic rings. The first kappa shape index (κ1) is 17.6. The number of esters is 1. The molecule has 2 unspecified atom stereocenters. The Morgan fingerprint density at radius 2 is 1.81 bits per heavy atom. The lowest BCUT2D eigenvalue weighted by atomic mass is 10.2. The van der Waals surface area contributed by atoms with Crippen molar-refractivity contribution >= 4 is 5.97 Å². The van der Waals surface area contributed by atoms with E-state index in [0.717, 1.165) is 0 Å². The summed E-state index contributed by atoms with van der Waals surface area (Å²) in [6, 6.07) is 9.99. The quantitative estimate of drug-likeness (QED) is 0.805. The van der Waals surface area contributed by atoms with Crippen LogP contribution in [0.5, 0.6) is 0 Å². The molecule has 1 aromatic carbocycles. The van der Waals surface area contributed by atoms with E-state index >= 15 is 0 Å². The Kier molecular flexibility index (Phi) is 6.81.